The van der Waals surface area contributed by atoms with Gasteiger partial charge in [-0.15, -0.1) is 0 Å². The Hall–Kier alpha value is -1.52. The lowest BCUT2D eigenvalue weighted by molar-refractivity contribution is 0.414. The number of fused-ring (bicyclic) bond motifs is 1. The zero-order chi connectivity index (χ0) is 14.1. The molecule has 0 unspecified atom stereocenters. The van der Waals surface area contributed by atoms with Crippen molar-refractivity contribution in [3.8, 4) is 5.75 Å². The van der Waals surface area contributed by atoms with E-state index in [9.17, 15) is 0 Å². The summed E-state index contributed by atoms with van der Waals surface area (Å²) in [5, 5.41) is 6.08. The minimum Gasteiger partial charge on any atom is -0.497 e. The van der Waals surface area contributed by atoms with Gasteiger partial charge in [0, 0.05) is 9.86 Å². The monoisotopic (exact) mass is 350 g/mol. The number of hydrogen-bond acceptors (Lipinski definition) is 2. The Morgan fingerprint density at radius 2 is 2.00 bits per heavy atom. The molecule has 5 heteroatoms. The summed E-state index contributed by atoms with van der Waals surface area (Å²) in [6.07, 6.45) is 1.80. The highest BCUT2D eigenvalue weighted by molar-refractivity contribution is 9.10. The van der Waals surface area contributed by atoms with E-state index in [-0.39, 0.29) is 0 Å². The van der Waals surface area contributed by atoms with Gasteiger partial charge in [0.2, 0.25) is 0 Å². The third-order valence-electron chi connectivity index (χ3n) is 3.17. The first-order valence-electron chi connectivity index (χ1n) is 6.11. The van der Waals surface area contributed by atoms with E-state index in [0.717, 1.165) is 26.7 Å². The van der Waals surface area contributed by atoms with Crippen LogP contribution in [0.4, 0.5) is 0 Å². The predicted octanol–water partition coefficient (Wildman–Crippen LogP) is 4.51. The topological polar surface area (TPSA) is 27.1 Å². The molecule has 3 rings (SSSR count). The molecule has 0 radical (unpaired) electrons. The predicted molar refractivity (Wildman–Crippen MR) is 84.5 cm³/mol. The highest BCUT2D eigenvalue weighted by atomic mass is 79.9. The second-order valence-electron chi connectivity index (χ2n) is 4.47. The first-order chi connectivity index (χ1) is 9.67. The van der Waals surface area contributed by atoms with Crippen molar-refractivity contribution in [3.63, 3.8) is 0 Å². The summed E-state index contributed by atoms with van der Waals surface area (Å²) in [6.45, 7) is 0.695. The van der Waals surface area contributed by atoms with Crippen LogP contribution in [0.15, 0.2) is 47.1 Å². The van der Waals surface area contributed by atoms with E-state index in [1.807, 2.05) is 41.1 Å². The van der Waals surface area contributed by atoms with Crippen LogP contribution in [-0.4, -0.2) is 16.9 Å². The van der Waals surface area contributed by atoms with Crippen LogP contribution < -0.4 is 4.74 Å². The van der Waals surface area contributed by atoms with Crippen LogP contribution >= 0.6 is 27.5 Å². The van der Waals surface area contributed by atoms with Crippen molar-refractivity contribution >= 4 is 38.4 Å². The molecular formula is C15H12BrClN2O. The van der Waals surface area contributed by atoms with Gasteiger partial charge in [0.15, 0.2) is 0 Å². The van der Waals surface area contributed by atoms with E-state index in [0.29, 0.717) is 11.6 Å². The van der Waals surface area contributed by atoms with Crippen molar-refractivity contribution in [2.75, 3.05) is 7.11 Å². The van der Waals surface area contributed by atoms with E-state index < -0.39 is 0 Å². The maximum absolute atomic E-state index is 6.22. The molecule has 3 nitrogen and oxygen atoms in total. The van der Waals surface area contributed by atoms with Crippen LogP contribution in [0, 0.1) is 0 Å². The zero-order valence-corrected chi connectivity index (χ0v) is 13.1. The summed E-state index contributed by atoms with van der Waals surface area (Å²) in [7, 11) is 1.66. The number of rotatable bonds is 3. The van der Waals surface area contributed by atoms with Crippen LogP contribution in [0.5, 0.6) is 5.75 Å². The van der Waals surface area contributed by atoms with E-state index >= 15 is 0 Å². The van der Waals surface area contributed by atoms with Crippen molar-refractivity contribution in [2.24, 2.45) is 0 Å². The number of methoxy groups -OCH3 is 1. The second-order valence-corrected chi connectivity index (χ2v) is 5.79. The van der Waals surface area contributed by atoms with Crippen molar-refractivity contribution < 1.29 is 4.74 Å². The number of aromatic nitrogens is 2. The van der Waals surface area contributed by atoms with Crippen LogP contribution in [0.2, 0.25) is 5.02 Å². The first kappa shape index (κ1) is 13.5. The summed E-state index contributed by atoms with van der Waals surface area (Å²) in [5.41, 5.74) is 2.17. The number of halogens is 2. The van der Waals surface area contributed by atoms with E-state index in [1.165, 1.54) is 0 Å². The lowest BCUT2D eigenvalue weighted by Crippen LogP contribution is -2.01. The fourth-order valence-electron chi connectivity index (χ4n) is 2.13. The molecular weight excluding hydrogens is 340 g/mol. The van der Waals surface area contributed by atoms with Crippen LogP contribution in [-0.2, 0) is 6.54 Å². The van der Waals surface area contributed by atoms with Crippen molar-refractivity contribution in [2.45, 2.75) is 6.54 Å². The second kappa shape index (κ2) is 5.46. The van der Waals surface area contributed by atoms with Crippen molar-refractivity contribution in [1.29, 1.82) is 0 Å². The molecule has 0 amide bonds. The fraction of sp³-hybridized carbons (Fsp3) is 0.133. The highest BCUT2D eigenvalue weighted by Crippen LogP contribution is 2.28. The zero-order valence-electron chi connectivity index (χ0n) is 10.8. The Bertz CT molecular complexity index is 752. The third kappa shape index (κ3) is 2.53. The van der Waals surface area contributed by atoms with Gasteiger partial charge in [0.05, 0.1) is 30.4 Å². The van der Waals surface area contributed by atoms with E-state index in [4.69, 9.17) is 16.3 Å². The van der Waals surface area contributed by atoms with Gasteiger partial charge in [-0.1, -0.05) is 39.7 Å². The van der Waals surface area contributed by atoms with Gasteiger partial charge >= 0.3 is 0 Å². The molecule has 3 aromatic rings. The highest BCUT2D eigenvalue weighted by Gasteiger charge is 2.08. The van der Waals surface area contributed by atoms with E-state index in [2.05, 4.69) is 21.0 Å². The molecule has 0 bridgehead atoms. The Labute approximate surface area is 130 Å². The van der Waals surface area contributed by atoms with Gasteiger partial charge in [0.1, 0.15) is 5.75 Å². The molecule has 0 N–H and O–H groups in total. The fourth-order valence-corrected chi connectivity index (χ4v) is 2.97. The maximum atomic E-state index is 6.22. The molecule has 0 aliphatic heterocycles. The Kier molecular flexibility index (Phi) is 3.68. The molecule has 0 fully saturated rings. The number of ether oxygens (including phenoxy) is 1. The van der Waals surface area contributed by atoms with Crippen molar-refractivity contribution in [3.05, 3.63) is 57.7 Å². The lowest BCUT2D eigenvalue weighted by atomic mass is 10.2. The van der Waals surface area contributed by atoms with Crippen LogP contribution in [0.25, 0.3) is 10.9 Å². The number of hydrogen-bond donors (Lipinski definition) is 0. The standard InChI is InChI=1S/C15H12BrClN2O/c1-20-12-4-2-10(3-5-12)9-19-15-7-11(16)6-14(17)13(15)8-18-19/h2-8H,9H2,1H3. The molecule has 1 aromatic heterocycles. The Morgan fingerprint density at radius 3 is 2.70 bits per heavy atom. The van der Waals surface area contributed by atoms with Gasteiger partial charge in [-0.3, -0.25) is 4.68 Å². The Morgan fingerprint density at radius 1 is 1.25 bits per heavy atom. The Balaban J connectivity index is 1.97. The molecule has 0 aliphatic rings. The number of nitrogens with zero attached hydrogens (tertiary/aromatic N) is 2. The summed E-state index contributed by atoms with van der Waals surface area (Å²) < 4.78 is 8.05. The average Bonchev–Trinajstić information content (AvgIpc) is 2.83. The largest absolute Gasteiger partial charge is 0.497 e. The molecule has 20 heavy (non-hydrogen) atoms. The molecule has 102 valence electrons. The maximum Gasteiger partial charge on any atom is 0.118 e. The minimum absolute atomic E-state index is 0.695. The molecule has 2 aromatic carbocycles. The smallest absolute Gasteiger partial charge is 0.118 e. The molecule has 0 saturated carbocycles. The summed E-state index contributed by atoms with van der Waals surface area (Å²) in [5.74, 6) is 0.852. The quantitative estimate of drug-likeness (QED) is 0.694. The van der Waals surface area contributed by atoms with Gasteiger partial charge in [0.25, 0.3) is 0 Å². The summed E-state index contributed by atoms with van der Waals surface area (Å²) in [6, 6.07) is 11.9. The van der Waals surface area contributed by atoms with E-state index in [1.54, 1.807) is 13.3 Å². The van der Waals surface area contributed by atoms with Crippen molar-refractivity contribution in [1.82, 2.24) is 9.78 Å². The molecule has 1 heterocycles. The summed E-state index contributed by atoms with van der Waals surface area (Å²) in [4.78, 5) is 0. The van der Waals surface area contributed by atoms with Gasteiger partial charge in [-0.05, 0) is 29.8 Å². The lowest BCUT2D eigenvalue weighted by Gasteiger charge is -2.06. The first-order valence-corrected chi connectivity index (χ1v) is 7.28. The third-order valence-corrected chi connectivity index (χ3v) is 3.94. The van der Waals surface area contributed by atoms with Gasteiger partial charge < -0.3 is 4.74 Å². The van der Waals surface area contributed by atoms with Gasteiger partial charge in [-0.25, -0.2) is 0 Å². The number of benzene rings is 2. The molecule has 0 spiro atoms. The van der Waals surface area contributed by atoms with Gasteiger partial charge in [-0.2, -0.15) is 5.10 Å². The molecule has 0 atom stereocenters. The molecule has 0 aliphatic carbocycles. The SMILES string of the molecule is COc1ccc(Cn2ncc3c(Cl)cc(Br)cc32)cc1. The van der Waals surface area contributed by atoms with Crippen LogP contribution in [0.1, 0.15) is 5.56 Å². The average molecular weight is 352 g/mol. The molecule has 0 saturated heterocycles. The normalized spacial score (nSPS) is 10.9. The van der Waals surface area contributed by atoms with Crippen LogP contribution in [0.3, 0.4) is 0 Å². The summed E-state index contributed by atoms with van der Waals surface area (Å²) >= 11 is 9.68. The minimum atomic E-state index is 0.695.